The molecular weight excluding hydrogens is 336 g/mol. The smallest absolute Gasteiger partial charge is 0.0558 e. The summed E-state index contributed by atoms with van der Waals surface area (Å²) in [4.78, 5) is 5.01. The third-order valence-electron chi connectivity index (χ3n) is 6.16. The van der Waals surface area contributed by atoms with Crippen molar-refractivity contribution in [1.29, 1.82) is 0 Å². The van der Waals surface area contributed by atoms with Crippen LogP contribution in [0.4, 0.5) is 0 Å². The number of piperazine rings is 1. The van der Waals surface area contributed by atoms with Gasteiger partial charge in [0.25, 0.3) is 0 Å². The van der Waals surface area contributed by atoms with E-state index < -0.39 is 0 Å². The van der Waals surface area contributed by atoms with E-state index in [0.29, 0.717) is 6.61 Å². The fraction of sp³-hybridized carbons (Fsp3) is 0.700. The molecule has 4 rings (SSSR count). The van der Waals surface area contributed by atoms with Gasteiger partial charge < -0.3 is 15.5 Å². The summed E-state index contributed by atoms with van der Waals surface area (Å²) >= 11 is 0. The Kier molecular flexibility index (Phi) is 7.71. The predicted octanol–water partition coefficient (Wildman–Crippen LogP) is 1.41. The lowest BCUT2D eigenvalue weighted by molar-refractivity contribution is 0.113. The van der Waals surface area contributed by atoms with E-state index in [0.717, 1.165) is 32.7 Å². The molecule has 142 valence electrons. The molecule has 0 aromatic heterocycles. The lowest BCUT2D eigenvalue weighted by atomic mass is 9.92. The topological polar surface area (TPSA) is 58.2 Å². The Balaban J connectivity index is 0.00000113. The van der Waals surface area contributed by atoms with Gasteiger partial charge in [-0.05, 0) is 72.8 Å². The molecule has 0 unspecified atom stereocenters. The number of aryl methyl sites for hydroxylation is 2. The van der Waals surface area contributed by atoms with E-state index in [9.17, 15) is 0 Å². The predicted molar refractivity (Wildman–Crippen MR) is 105 cm³/mol. The van der Waals surface area contributed by atoms with E-state index in [4.69, 9.17) is 5.11 Å². The van der Waals surface area contributed by atoms with Crippen LogP contribution < -0.4 is 0 Å². The van der Waals surface area contributed by atoms with E-state index in [1.54, 1.807) is 27.8 Å². The second-order valence-electron chi connectivity index (χ2n) is 7.49. The summed E-state index contributed by atoms with van der Waals surface area (Å²) in [6.45, 7) is 6.91. The number of halogens is 1. The van der Waals surface area contributed by atoms with E-state index >= 15 is 0 Å². The van der Waals surface area contributed by atoms with Gasteiger partial charge in [0, 0.05) is 39.3 Å². The number of aliphatic hydroxyl groups excluding tert-OH is 1. The van der Waals surface area contributed by atoms with Crippen molar-refractivity contribution in [2.24, 2.45) is 0 Å². The monoisotopic (exact) mass is 368 g/mol. The molecule has 5 heteroatoms. The van der Waals surface area contributed by atoms with Crippen LogP contribution >= 0.6 is 12.4 Å². The minimum absolute atomic E-state index is 0. The first-order chi connectivity index (χ1) is 11.3. The highest BCUT2D eigenvalue weighted by Gasteiger charge is 2.24. The molecule has 1 aliphatic heterocycles. The molecule has 1 aromatic carbocycles. The lowest BCUT2D eigenvalue weighted by Crippen LogP contribution is -2.47. The standard InChI is InChI=1S/C20H30N2O.ClH.H2O/c23-14-13-22-11-9-21(10-12-22)8-7-20-18-5-1-3-16(18)15-17-4-2-6-19(17)20;;/h15,23H,1-14H2;1H;1H2. The van der Waals surface area contributed by atoms with Crippen molar-refractivity contribution in [1.82, 2.24) is 9.80 Å². The SMILES string of the molecule is Cl.O.OCCN1CCN(CCc2c3c(cc4c2CCC4)CCC3)CC1. The lowest BCUT2D eigenvalue weighted by Gasteiger charge is -2.34. The highest BCUT2D eigenvalue weighted by molar-refractivity contribution is 5.85. The molecule has 0 atom stereocenters. The van der Waals surface area contributed by atoms with E-state index in [2.05, 4.69) is 15.9 Å². The number of fused-ring (bicyclic) bond motifs is 2. The molecule has 0 saturated carbocycles. The number of hydrogen-bond donors (Lipinski definition) is 1. The van der Waals surface area contributed by atoms with Crippen LogP contribution in [0.5, 0.6) is 0 Å². The van der Waals surface area contributed by atoms with Gasteiger partial charge in [0.05, 0.1) is 6.61 Å². The van der Waals surface area contributed by atoms with Crippen molar-refractivity contribution in [3.63, 3.8) is 0 Å². The molecule has 0 bridgehead atoms. The van der Waals surface area contributed by atoms with E-state index in [1.807, 2.05) is 0 Å². The van der Waals surface area contributed by atoms with Crippen LogP contribution in [0.3, 0.4) is 0 Å². The van der Waals surface area contributed by atoms with Gasteiger partial charge in [0.15, 0.2) is 0 Å². The molecule has 1 fully saturated rings. The van der Waals surface area contributed by atoms with Crippen LogP contribution in [0.1, 0.15) is 40.7 Å². The quantitative estimate of drug-likeness (QED) is 0.855. The first-order valence-corrected chi connectivity index (χ1v) is 9.56. The van der Waals surface area contributed by atoms with Gasteiger partial charge in [-0.15, -0.1) is 12.4 Å². The molecule has 0 radical (unpaired) electrons. The first-order valence-electron chi connectivity index (χ1n) is 9.56. The Morgan fingerprint density at radius 3 is 1.84 bits per heavy atom. The fourth-order valence-electron chi connectivity index (χ4n) is 4.88. The van der Waals surface area contributed by atoms with Crippen LogP contribution in [0.25, 0.3) is 0 Å². The van der Waals surface area contributed by atoms with Gasteiger partial charge >= 0.3 is 0 Å². The summed E-state index contributed by atoms with van der Waals surface area (Å²) in [5, 5.41) is 9.06. The second-order valence-corrected chi connectivity index (χ2v) is 7.49. The van der Waals surface area contributed by atoms with Gasteiger partial charge in [0.1, 0.15) is 0 Å². The highest BCUT2D eigenvalue weighted by atomic mass is 35.5. The zero-order valence-corrected chi connectivity index (χ0v) is 16.0. The average molecular weight is 369 g/mol. The van der Waals surface area contributed by atoms with Crippen molar-refractivity contribution in [2.45, 2.75) is 44.9 Å². The number of nitrogens with zero attached hydrogens (tertiary/aromatic N) is 2. The zero-order chi connectivity index (χ0) is 15.6. The largest absolute Gasteiger partial charge is 0.412 e. The third-order valence-corrected chi connectivity index (χ3v) is 6.16. The fourth-order valence-corrected chi connectivity index (χ4v) is 4.88. The molecule has 1 saturated heterocycles. The summed E-state index contributed by atoms with van der Waals surface area (Å²) in [7, 11) is 0. The maximum Gasteiger partial charge on any atom is 0.0558 e. The van der Waals surface area contributed by atoms with Gasteiger partial charge in [0.2, 0.25) is 0 Å². The Morgan fingerprint density at radius 2 is 1.32 bits per heavy atom. The Morgan fingerprint density at radius 1 is 0.800 bits per heavy atom. The Bertz CT molecular complexity index is 539. The van der Waals surface area contributed by atoms with Gasteiger partial charge in [-0.25, -0.2) is 0 Å². The zero-order valence-electron chi connectivity index (χ0n) is 15.2. The maximum absolute atomic E-state index is 9.06. The molecule has 0 spiro atoms. The number of benzene rings is 1. The Labute approximate surface area is 157 Å². The van der Waals surface area contributed by atoms with Gasteiger partial charge in [-0.3, -0.25) is 4.90 Å². The van der Waals surface area contributed by atoms with E-state index in [-0.39, 0.29) is 17.9 Å². The molecule has 3 aliphatic rings. The molecule has 4 nitrogen and oxygen atoms in total. The van der Waals surface area contributed by atoms with Gasteiger partial charge in [-0.2, -0.15) is 0 Å². The molecule has 0 amide bonds. The second kappa shape index (κ2) is 9.33. The summed E-state index contributed by atoms with van der Waals surface area (Å²) in [5.74, 6) is 0. The van der Waals surface area contributed by atoms with Crippen molar-refractivity contribution >= 4 is 12.4 Å². The first kappa shape index (κ1) is 20.7. The normalized spacial score (nSPS) is 19.9. The third kappa shape index (κ3) is 4.37. The van der Waals surface area contributed by atoms with Crippen molar-refractivity contribution in [3.8, 4) is 0 Å². The number of hydrogen-bond acceptors (Lipinski definition) is 3. The molecule has 3 N–H and O–H groups in total. The molecule has 25 heavy (non-hydrogen) atoms. The Hall–Kier alpha value is -0.650. The summed E-state index contributed by atoms with van der Waals surface area (Å²) in [6, 6.07) is 2.54. The number of β-amino-alcohol motifs (C(OH)–C–C–N with tert-alkyl or cyclic N) is 1. The minimum atomic E-state index is 0. The minimum Gasteiger partial charge on any atom is -0.412 e. The van der Waals surface area contributed by atoms with Gasteiger partial charge in [-0.1, -0.05) is 6.07 Å². The molecular formula is C20H33ClN2O2. The van der Waals surface area contributed by atoms with Crippen molar-refractivity contribution in [3.05, 3.63) is 33.9 Å². The van der Waals surface area contributed by atoms with Crippen LogP contribution in [-0.2, 0) is 32.1 Å². The summed E-state index contributed by atoms with van der Waals surface area (Å²) in [5.41, 5.74) is 8.54. The van der Waals surface area contributed by atoms with Crippen molar-refractivity contribution < 1.29 is 10.6 Å². The van der Waals surface area contributed by atoms with Crippen molar-refractivity contribution in [2.75, 3.05) is 45.9 Å². The number of rotatable bonds is 5. The van der Waals surface area contributed by atoms with Crippen LogP contribution in [0, 0.1) is 0 Å². The van der Waals surface area contributed by atoms with E-state index in [1.165, 1.54) is 51.5 Å². The number of aliphatic hydroxyl groups is 1. The van der Waals surface area contributed by atoms with Crippen LogP contribution in [0.2, 0.25) is 0 Å². The average Bonchev–Trinajstić information content (AvgIpc) is 3.21. The highest BCUT2D eigenvalue weighted by Crippen LogP contribution is 2.35. The summed E-state index contributed by atoms with van der Waals surface area (Å²) < 4.78 is 0. The molecule has 2 aliphatic carbocycles. The maximum atomic E-state index is 9.06. The van der Waals surface area contributed by atoms with Crippen LogP contribution in [0.15, 0.2) is 6.07 Å². The molecule has 1 heterocycles. The summed E-state index contributed by atoms with van der Waals surface area (Å²) in [6.07, 6.45) is 9.26. The van der Waals surface area contributed by atoms with Crippen LogP contribution in [-0.4, -0.2) is 66.3 Å². The molecule has 1 aromatic rings.